The number of fused-ring (bicyclic) bond motifs is 1. The van der Waals surface area contributed by atoms with E-state index in [-0.39, 0.29) is 17.7 Å². The number of hydrogen-bond donors (Lipinski definition) is 1. The number of carbonyl (C=O) groups is 2. The monoisotopic (exact) mass is 393 g/mol. The topological polar surface area (TPSA) is 72.2 Å². The summed E-state index contributed by atoms with van der Waals surface area (Å²) in [5, 5.41) is 4.12. The first-order valence-electron chi connectivity index (χ1n) is 10.2. The third kappa shape index (κ3) is 4.85. The second kappa shape index (κ2) is 8.94. The zero-order chi connectivity index (χ0) is 20.1. The number of para-hydroxylation sites is 1. The van der Waals surface area contributed by atoms with Crippen LogP contribution < -0.4 is 5.32 Å². The molecule has 3 heterocycles. The summed E-state index contributed by atoms with van der Waals surface area (Å²) in [7, 11) is 0. The van der Waals surface area contributed by atoms with Crippen molar-refractivity contribution < 1.29 is 9.59 Å². The van der Waals surface area contributed by atoms with Crippen molar-refractivity contribution in [1.82, 2.24) is 24.3 Å². The second-order valence-corrected chi connectivity index (χ2v) is 7.71. The minimum absolute atomic E-state index is 0.0563. The van der Waals surface area contributed by atoms with E-state index in [0.29, 0.717) is 32.6 Å². The normalized spacial score (nSPS) is 16.8. The standard InChI is InChI=1S/C22H27N5O2/c28-21(24-9-13-25-12-8-23-17-25)14-18-4-3-10-27(15-18)22(29)16-26-11-7-19-5-1-2-6-20(19)26/h1-2,5-8,11-12,17-18H,3-4,9-10,13-16H2,(H,24,28)/t18-/m0/s1. The van der Waals surface area contributed by atoms with Gasteiger partial charge in [0.25, 0.3) is 0 Å². The molecule has 1 N–H and O–H groups in total. The van der Waals surface area contributed by atoms with E-state index in [1.54, 1.807) is 12.5 Å². The van der Waals surface area contributed by atoms with Crippen molar-refractivity contribution in [2.75, 3.05) is 19.6 Å². The predicted molar refractivity (Wildman–Crippen MR) is 111 cm³/mol. The summed E-state index contributed by atoms with van der Waals surface area (Å²) in [4.78, 5) is 31.0. The van der Waals surface area contributed by atoms with E-state index >= 15 is 0 Å². The molecule has 1 saturated heterocycles. The Bertz CT molecular complexity index is 963. The molecule has 3 aromatic rings. The molecule has 2 amide bonds. The smallest absolute Gasteiger partial charge is 0.242 e. The van der Waals surface area contributed by atoms with Crippen LogP contribution in [-0.2, 0) is 22.7 Å². The Balaban J connectivity index is 1.26. The number of piperidine rings is 1. The molecule has 0 aliphatic carbocycles. The molecule has 0 bridgehead atoms. The number of imidazole rings is 1. The van der Waals surface area contributed by atoms with Gasteiger partial charge in [-0.1, -0.05) is 18.2 Å². The Labute approximate surface area is 170 Å². The summed E-state index contributed by atoms with van der Waals surface area (Å²) >= 11 is 0. The Morgan fingerprint density at radius 1 is 1.17 bits per heavy atom. The lowest BCUT2D eigenvalue weighted by Gasteiger charge is -2.32. The Kier molecular flexibility index (Phi) is 5.93. The van der Waals surface area contributed by atoms with Crippen molar-refractivity contribution in [3.8, 4) is 0 Å². The molecule has 7 heteroatoms. The summed E-state index contributed by atoms with van der Waals surface area (Å²) in [6.07, 6.45) is 9.73. The first-order valence-corrected chi connectivity index (χ1v) is 10.2. The maximum absolute atomic E-state index is 12.8. The fourth-order valence-electron chi connectivity index (χ4n) is 4.06. The first kappa shape index (κ1) is 19.2. The number of aromatic nitrogens is 3. The second-order valence-electron chi connectivity index (χ2n) is 7.71. The zero-order valence-corrected chi connectivity index (χ0v) is 16.5. The molecule has 29 heavy (non-hydrogen) atoms. The molecule has 0 saturated carbocycles. The summed E-state index contributed by atoms with van der Waals surface area (Å²) in [5.41, 5.74) is 1.08. The molecule has 4 rings (SSSR count). The summed E-state index contributed by atoms with van der Waals surface area (Å²) < 4.78 is 3.94. The quantitative estimate of drug-likeness (QED) is 0.669. The van der Waals surface area contributed by atoms with E-state index in [9.17, 15) is 9.59 Å². The third-order valence-corrected chi connectivity index (χ3v) is 5.58. The molecule has 1 atom stereocenters. The highest BCUT2D eigenvalue weighted by Crippen LogP contribution is 2.21. The average molecular weight is 393 g/mol. The van der Waals surface area contributed by atoms with Crippen LogP contribution in [0.3, 0.4) is 0 Å². The van der Waals surface area contributed by atoms with Gasteiger partial charge in [0.2, 0.25) is 11.8 Å². The number of rotatable bonds is 7. The molecule has 1 aromatic carbocycles. The van der Waals surface area contributed by atoms with Gasteiger partial charge < -0.3 is 19.4 Å². The molecule has 1 fully saturated rings. The van der Waals surface area contributed by atoms with Crippen molar-refractivity contribution in [1.29, 1.82) is 0 Å². The van der Waals surface area contributed by atoms with Crippen molar-refractivity contribution in [3.63, 3.8) is 0 Å². The van der Waals surface area contributed by atoms with Gasteiger partial charge in [-0.3, -0.25) is 9.59 Å². The lowest BCUT2D eigenvalue weighted by atomic mass is 9.94. The number of amides is 2. The van der Waals surface area contributed by atoms with E-state index < -0.39 is 0 Å². The van der Waals surface area contributed by atoms with Crippen LogP contribution in [0.25, 0.3) is 10.9 Å². The average Bonchev–Trinajstić information content (AvgIpc) is 3.39. The van der Waals surface area contributed by atoms with Crippen LogP contribution in [-0.4, -0.2) is 50.5 Å². The van der Waals surface area contributed by atoms with Gasteiger partial charge in [0.1, 0.15) is 6.54 Å². The molecule has 0 radical (unpaired) electrons. The number of nitrogens with zero attached hydrogens (tertiary/aromatic N) is 4. The molecule has 152 valence electrons. The lowest BCUT2D eigenvalue weighted by molar-refractivity contribution is -0.134. The van der Waals surface area contributed by atoms with Crippen molar-refractivity contribution in [2.45, 2.75) is 32.4 Å². The fraction of sp³-hybridized carbons (Fsp3) is 0.409. The predicted octanol–water partition coefficient (Wildman–Crippen LogP) is 2.28. The summed E-state index contributed by atoms with van der Waals surface area (Å²) in [5.74, 6) is 0.403. The summed E-state index contributed by atoms with van der Waals surface area (Å²) in [6.45, 7) is 3.08. The molecule has 1 aliphatic rings. The Hall–Kier alpha value is -3.09. The van der Waals surface area contributed by atoms with Gasteiger partial charge >= 0.3 is 0 Å². The van der Waals surface area contributed by atoms with Crippen LogP contribution >= 0.6 is 0 Å². The number of benzene rings is 1. The zero-order valence-electron chi connectivity index (χ0n) is 16.5. The number of hydrogen-bond acceptors (Lipinski definition) is 3. The van der Waals surface area contributed by atoms with Gasteiger partial charge in [-0.15, -0.1) is 0 Å². The maximum Gasteiger partial charge on any atom is 0.242 e. The largest absolute Gasteiger partial charge is 0.354 e. The van der Waals surface area contributed by atoms with Crippen molar-refractivity contribution >= 4 is 22.7 Å². The highest BCUT2D eigenvalue weighted by molar-refractivity contribution is 5.83. The van der Waals surface area contributed by atoms with E-state index in [2.05, 4.69) is 16.4 Å². The fourth-order valence-corrected chi connectivity index (χ4v) is 4.06. The molecule has 0 unspecified atom stereocenters. The van der Waals surface area contributed by atoms with Gasteiger partial charge in [0.05, 0.1) is 6.33 Å². The number of carbonyl (C=O) groups excluding carboxylic acids is 2. The van der Waals surface area contributed by atoms with Gasteiger partial charge in [-0.05, 0) is 36.3 Å². The minimum atomic E-state index is 0.0563. The van der Waals surface area contributed by atoms with E-state index in [1.165, 1.54) is 0 Å². The Morgan fingerprint density at radius 2 is 2.07 bits per heavy atom. The van der Waals surface area contributed by atoms with E-state index in [1.807, 2.05) is 50.7 Å². The number of likely N-dealkylation sites (tertiary alicyclic amines) is 1. The molecule has 2 aromatic heterocycles. The molecular formula is C22H27N5O2. The van der Waals surface area contributed by atoms with Crippen LogP contribution in [0.1, 0.15) is 19.3 Å². The van der Waals surface area contributed by atoms with Gasteiger partial charge in [-0.2, -0.15) is 0 Å². The molecule has 0 spiro atoms. The van der Waals surface area contributed by atoms with Crippen LogP contribution in [0.5, 0.6) is 0 Å². The molecule has 1 aliphatic heterocycles. The molecular weight excluding hydrogens is 366 g/mol. The highest BCUT2D eigenvalue weighted by atomic mass is 16.2. The minimum Gasteiger partial charge on any atom is -0.354 e. The number of nitrogens with one attached hydrogen (secondary N) is 1. The van der Waals surface area contributed by atoms with E-state index in [4.69, 9.17) is 0 Å². The van der Waals surface area contributed by atoms with Crippen molar-refractivity contribution in [3.05, 3.63) is 55.2 Å². The SMILES string of the molecule is O=C(C[C@@H]1CCCN(C(=O)Cn2ccc3ccccc32)C1)NCCn1ccnc1. The highest BCUT2D eigenvalue weighted by Gasteiger charge is 2.25. The van der Waals surface area contributed by atoms with Gasteiger partial charge in [-0.25, -0.2) is 4.98 Å². The van der Waals surface area contributed by atoms with Crippen molar-refractivity contribution in [2.24, 2.45) is 5.92 Å². The Morgan fingerprint density at radius 3 is 2.93 bits per heavy atom. The van der Waals surface area contributed by atoms with E-state index in [0.717, 1.165) is 30.3 Å². The van der Waals surface area contributed by atoms with Gasteiger partial charge in [0, 0.05) is 56.7 Å². The van der Waals surface area contributed by atoms with Gasteiger partial charge in [0.15, 0.2) is 0 Å². The van der Waals surface area contributed by atoms with Crippen LogP contribution in [0, 0.1) is 5.92 Å². The molecule has 7 nitrogen and oxygen atoms in total. The van der Waals surface area contributed by atoms with Crippen LogP contribution in [0.4, 0.5) is 0 Å². The maximum atomic E-state index is 12.8. The first-order chi connectivity index (χ1) is 14.2. The van der Waals surface area contributed by atoms with Crippen LogP contribution in [0.2, 0.25) is 0 Å². The van der Waals surface area contributed by atoms with Crippen LogP contribution in [0.15, 0.2) is 55.2 Å². The lowest BCUT2D eigenvalue weighted by Crippen LogP contribution is -2.42. The third-order valence-electron chi connectivity index (χ3n) is 5.58. The summed E-state index contributed by atoms with van der Waals surface area (Å²) in [6, 6.07) is 10.1.